The van der Waals surface area contributed by atoms with E-state index in [2.05, 4.69) is 16.0 Å². The summed E-state index contributed by atoms with van der Waals surface area (Å²) in [5.74, 6) is -0.0182. The average Bonchev–Trinajstić information content (AvgIpc) is 3.23. The van der Waals surface area contributed by atoms with Gasteiger partial charge in [0, 0.05) is 31.4 Å². The molecule has 2 aromatic carbocycles. The lowest BCUT2D eigenvalue weighted by Gasteiger charge is -2.21. The summed E-state index contributed by atoms with van der Waals surface area (Å²) in [5, 5.41) is 9.10. The summed E-state index contributed by atoms with van der Waals surface area (Å²) in [6, 6.07) is 15.0. The quantitative estimate of drug-likeness (QED) is 0.713. The van der Waals surface area contributed by atoms with Crippen molar-refractivity contribution in [3.05, 3.63) is 59.7 Å². The van der Waals surface area contributed by atoms with Gasteiger partial charge in [0.15, 0.2) is 0 Å². The van der Waals surface area contributed by atoms with Gasteiger partial charge in [-0.25, -0.2) is 4.79 Å². The van der Waals surface area contributed by atoms with E-state index in [1.165, 1.54) is 0 Å². The zero-order valence-electron chi connectivity index (χ0n) is 16.5. The first-order valence-corrected chi connectivity index (χ1v) is 9.80. The van der Waals surface area contributed by atoms with Crippen LogP contribution in [0.4, 0.5) is 16.2 Å². The Morgan fingerprint density at radius 2 is 1.75 bits per heavy atom. The Morgan fingerprint density at radius 1 is 1.04 bits per heavy atom. The van der Waals surface area contributed by atoms with E-state index in [0.717, 1.165) is 37.2 Å². The van der Waals surface area contributed by atoms with Crippen molar-refractivity contribution in [2.45, 2.75) is 32.7 Å². The van der Waals surface area contributed by atoms with Crippen LogP contribution in [-0.2, 0) is 0 Å². The van der Waals surface area contributed by atoms with Gasteiger partial charge < -0.3 is 20.9 Å². The van der Waals surface area contributed by atoms with Crippen molar-refractivity contribution >= 4 is 23.3 Å². The third-order valence-electron chi connectivity index (χ3n) is 4.90. The number of hydrogen-bond donors (Lipinski definition) is 3. The van der Waals surface area contributed by atoms with E-state index in [0.29, 0.717) is 17.8 Å². The minimum Gasteiger partial charge on any atom is -0.383 e. The second-order valence-electron chi connectivity index (χ2n) is 7.24. The predicted molar refractivity (Wildman–Crippen MR) is 113 cm³/mol. The molecule has 1 heterocycles. The largest absolute Gasteiger partial charge is 0.383 e. The summed E-state index contributed by atoms with van der Waals surface area (Å²) in [5.41, 5.74) is 3.01. The third-order valence-corrected chi connectivity index (χ3v) is 4.90. The van der Waals surface area contributed by atoms with Crippen molar-refractivity contribution in [2.75, 3.05) is 30.3 Å². The van der Waals surface area contributed by atoms with Gasteiger partial charge in [-0.1, -0.05) is 30.3 Å². The number of carbonyl (C=O) groups excluding carboxylic acids is 2. The number of carbonyl (C=O) groups is 2. The second kappa shape index (κ2) is 9.26. The number of amides is 3. The zero-order chi connectivity index (χ0) is 19.9. The van der Waals surface area contributed by atoms with E-state index < -0.39 is 0 Å². The van der Waals surface area contributed by atoms with E-state index in [1.54, 1.807) is 6.07 Å². The Kier molecular flexibility index (Phi) is 6.53. The lowest BCUT2D eigenvalue weighted by atomic mass is 10.1. The topological polar surface area (TPSA) is 73.5 Å². The molecule has 1 atom stereocenters. The Hall–Kier alpha value is -3.02. The maximum absolute atomic E-state index is 12.8. The first-order valence-electron chi connectivity index (χ1n) is 9.80. The van der Waals surface area contributed by atoms with Crippen molar-refractivity contribution in [3.63, 3.8) is 0 Å². The smallest absolute Gasteiger partial charge is 0.319 e. The van der Waals surface area contributed by atoms with Gasteiger partial charge in [0.25, 0.3) is 5.91 Å². The molecule has 1 aliphatic heterocycles. The number of hydrogen-bond acceptors (Lipinski definition) is 3. The molecule has 6 heteroatoms. The van der Waals surface area contributed by atoms with Crippen LogP contribution < -0.4 is 16.0 Å². The Bertz CT molecular complexity index is 817. The Labute approximate surface area is 166 Å². The van der Waals surface area contributed by atoms with E-state index in [4.69, 9.17) is 0 Å². The number of anilines is 2. The molecule has 0 radical (unpaired) electrons. The molecular formula is C22H28N4O2. The summed E-state index contributed by atoms with van der Waals surface area (Å²) in [4.78, 5) is 27.2. The van der Waals surface area contributed by atoms with Crippen LogP contribution in [0.5, 0.6) is 0 Å². The fraction of sp³-hybridized carbons (Fsp3) is 0.364. The third kappa shape index (κ3) is 5.03. The average molecular weight is 380 g/mol. The highest BCUT2D eigenvalue weighted by Gasteiger charge is 2.23. The lowest BCUT2D eigenvalue weighted by molar-refractivity contribution is 0.0794. The van der Waals surface area contributed by atoms with Crippen molar-refractivity contribution in [1.29, 1.82) is 0 Å². The van der Waals surface area contributed by atoms with Gasteiger partial charge in [-0.15, -0.1) is 0 Å². The Balaban J connectivity index is 1.61. The van der Waals surface area contributed by atoms with Crippen LogP contribution in [0, 0.1) is 6.92 Å². The summed E-state index contributed by atoms with van der Waals surface area (Å²) < 4.78 is 0. The number of benzene rings is 2. The molecule has 3 N–H and O–H groups in total. The predicted octanol–water partition coefficient (Wildman–Crippen LogP) is 3.85. The molecule has 3 amide bonds. The molecule has 0 bridgehead atoms. The van der Waals surface area contributed by atoms with Gasteiger partial charge in [-0.05, 0) is 50.5 Å². The number of urea groups is 1. The van der Waals surface area contributed by atoms with E-state index in [1.807, 2.05) is 61.2 Å². The van der Waals surface area contributed by atoms with Crippen LogP contribution in [0.1, 0.15) is 35.7 Å². The number of likely N-dealkylation sites (tertiary alicyclic amines) is 1. The summed E-state index contributed by atoms with van der Waals surface area (Å²) >= 11 is 0. The zero-order valence-corrected chi connectivity index (χ0v) is 16.5. The molecule has 0 aromatic heterocycles. The fourth-order valence-electron chi connectivity index (χ4n) is 3.35. The number of aryl methyl sites for hydroxylation is 1. The fourth-order valence-corrected chi connectivity index (χ4v) is 3.35. The van der Waals surface area contributed by atoms with Gasteiger partial charge in [0.05, 0.1) is 11.3 Å². The minimum absolute atomic E-state index is 0.0182. The standard InChI is InChI=1S/C22H28N4O2/c1-16-9-8-12-19(21(27)26-13-6-7-14-26)20(16)25-22(28)24-17(2)15-23-18-10-4-3-5-11-18/h3-5,8-12,17,23H,6-7,13-15H2,1-2H3,(H2,24,25,28). The van der Waals surface area contributed by atoms with Crippen molar-refractivity contribution in [2.24, 2.45) is 0 Å². The number of para-hydroxylation sites is 2. The maximum atomic E-state index is 12.8. The number of nitrogens with one attached hydrogen (secondary N) is 3. The van der Waals surface area contributed by atoms with Crippen LogP contribution >= 0.6 is 0 Å². The maximum Gasteiger partial charge on any atom is 0.319 e. The highest BCUT2D eigenvalue weighted by atomic mass is 16.2. The molecule has 28 heavy (non-hydrogen) atoms. The summed E-state index contributed by atoms with van der Waals surface area (Å²) in [6.07, 6.45) is 2.07. The first-order chi connectivity index (χ1) is 13.5. The molecule has 2 aromatic rings. The molecule has 1 aliphatic rings. The molecule has 0 saturated carbocycles. The van der Waals surface area contributed by atoms with Crippen LogP contribution in [0.3, 0.4) is 0 Å². The van der Waals surface area contributed by atoms with Gasteiger partial charge in [-0.2, -0.15) is 0 Å². The first kappa shape index (κ1) is 19.7. The van der Waals surface area contributed by atoms with Crippen LogP contribution in [0.15, 0.2) is 48.5 Å². The minimum atomic E-state index is -0.313. The molecule has 1 saturated heterocycles. The molecule has 3 rings (SSSR count). The summed E-state index contributed by atoms with van der Waals surface area (Å²) in [6.45, 7) is 5.99. The second-order valence-corrected chi connectivity index (χ2v) is 7.24. The monoisotopic (exact) mass is 380 g/mol. The van der Waals surface area contributed by atoms with E-state index in [-0.39, 0.29) is 18.0 Å². The highest BCUT2D eigenvalue weighted by Crippen LogP contribution is 2.24. The number of rotatable bonds is 6. The molecule has 0 aliphatic carbocycles. The van der Waals surface area contributed by atoms with Crippen LogP contribution in [-0.4, -0.2) is 42.5 Å². The van der Waals surface area contributed by atoms with Gasteiger partial charge >= 0.3 is 6.03 Å². The Morgan fingerprint density at radius 3 is 2.46 bits per heavy atom. The van der Waals surface area contributed by atoms with Crippen molar-refractivity contribution < 1.29 is 9.59 Å². The summed E-state index contributed by atoms with van der Waals surface area (Å²) in [7, 11) is 0. The molecule has 0 spiro atoms. The normalized spacial score (nSPS) is 14.4. The highest BCUT2D eigenvalue weighted by molar-refractivity contribution is 6.04. The van der Waals surface area contributed by atoms with Gasteiger partial charge in [-0.3, -0.25) is 4.79 Å². The van der Waals surface area contributed by atoms with E-state index >= 15 is 0 Å². The molecule has 148 valence electrons. The molecule has 6 nitrogen and oxygen atoms in total. The molecule has 1 fully saturated rings. The SMILES string of the molecule is Cc1cccc(C(=O)N2CCCC2)c1NC(=O)NC(C)CNc1ccccc1. The van der Waals surface area contributed by atoms with Crippen molar-refractivity contribution in [1.82, 2.24) is 10.2 Å². The number of nitrogens with zero attached hydrogens (tertiary/aromatic N) is 1. The lowest BCUT2D eigenvalue weighted by Crippen LogP contribution is -2.40. The van der Waals surface area contributed by atoms with Gasteiger partial charge in [0.2, 0.25) is 0 Å². The van der Waals surface area contributed by atoms with Crippen molar-refractivity contribution in [3.8, 4) is 0 Å². The van der Waals surface area contributed by atoms with Crippen LogP contribution in [0.25, 0.3) is 0 Å². The molecule has 1 unspecified atom stereocenters. The van der Waals surface area contributed by atoms with Crippen LogP contribution in [0.2, 0.25) is 0 Å². The molecular weight excluding hydrogens is 352 g/mol. The van der Waals surface area contributed by atoms with E-state index in [9.17, 15) is 9.59 Å². The van der Waals surface area contributed by atoms with Gasteiger partial charge in [0.1, 0.15) is 0 Å².